The van der Waals surface area contributed by atoms with Crippen LogP contribution in [0.4, 0.5) is 0 Å². The summed E-state index contributed by atoms with van der Waals surface area (Å²) < 4.78 is 5.10. The standard InChI is InChI=1S/C18H23NO2/c1-4-12-5-7-13(8-6-12)15-11-14-9-10-16(19(14)2)17(15)18(20)21-3/h4-8,14-17H,1,9-11H2,2-3H3/t14-,15-,16?,17?/m1/s1. The van der Waals surface area contributed by atoms with E-state index in [4.69, 9.17) is 4.74 Å². The second-order valence-corrected chi connectivity index (χ2v) is 6.23. The fourth-order valence-electron chi connectivity index (χ4n) is 4.15. The van der Waals surface area contributed by atoms with E-state index in [2.05, 4.69) is 42.8 Å². The fraction of sp³-hybridized carbons (Fsp3) is 0.500. The molecular weight excluding hydrogens is 262 g/mol. The zero-order chi connectivity index (χ0) is 15.0. The molecule has 0 aromatic heterocycles. The zero-order valence-corrected chi connectivity index (χ0v) is 12.8. The lowest BCUT2D eigenvalue weighted by molar-refractivity contribution is -0.150. The Morgan fingerprint density at radius 3 is 2.67 bits per heavy atom. The molecule has 0 spiro atoms. The maximum absolute atomic E-state index is 12.3. The molecule has 2 aliphatic heterocycles. The minimum atomic E-state index is -0.0648. The lowest BCUT2D eigenvalue weighted by Gasteiger charge is -2.41. The number of esters is 1. The van der Waals surface area contributed by atoms with Crippen molar-refractivity contribution >= 4 is 12.0 Å². The normalized spacial score (nSPS) is 31.9. The average molecular weight is 285 g/mol. The van der Waals surface area contributed by atoms with Gasteiger partial charge in [0.05, 0.1) is 13.0 Å². The number of carbonyl (C=O) groups excluding carboxylic acids is 1. The number of methoxy groups -OCH3 is 1. The average Bonchev–Trinajstić information content (AvgIpc) is 2.76. The van der Waals surface area contributed by atoms with Crippen molar-refractivity contribution in [1.82, 2.24) is 4.90 Å². The first-order valence-electron chi connectivity index (χ1n) is 7.68. The van der Waals surface area contributed by atoms with Crippen LogP contribution in [0.2, 0.25) is 0 Å². The summed E-state index contributed by atoms with van der Waals surface area (Å²) in [6.07, 6.45) is 5.18. The highest BCUT2D eigenvalue weighted by Gasteiger charge is 2.49. The summed E-state index contributed by atoms with van der Waals surface area (Å²) >= 11 is 0. The van der Waals surface area contributed by atoms with E-state index >= 15 is 0 Å². The van der Waals surface area contributed by atoms with E-state index in [9.17, 15) is 4.79 Å². The Hall–Kier alpha value is -1.61. The monoisotopic (exact) mass is 285 g/mol. The van der Waals surface area contributed by atoms with Crippen LogP contribution >= 0.6 is 0 Å². The van der Waals surface area contributed by atoms with Crippen LogP contribution in [0.3, 0.4) is 0 Å². The van der Waals surface area contributed by atoms with Gasteiger partial charge in [0.25, 0.3) is 0 Å². The highest BCUT2D eigenvalue weighted by molar-refractivity contribution is 5.75. The SMILES string of the molecule is C=Cc1ccc([C@H]2C[C@H]3CCC(C2C(=O)OC)N3C)cc1. The molecule has 0 saturated carbocycles. The number of hydrogen-bond donors (Lipinski definition) is 0. The molecule has 2 saturated heterocycles. The molecule has 4 atom stereocenters. The molecule has 0 aliphatic carbocycles. The lowest BCUT2D eigenvalue weighted by atomic mass is 9.76. The van der Waals surface area contributed by atoms with Crippen LogP contribution in [0.15, 0.2) is 30.8 Å². The summed E-state index contributed by atoms with van der Waals surface area (Å²) in [5, 5.41) is 0. The van der Waals surface area contributed by atoms with Gasteiger partial charge in [-0.15, -0.1) is 0 Å². The molecule has 3 rings (SSSR count). The third kappa shape index (κ3) is 2.40. The van der Waals surface area contributed by atoms with Crippen molar-refractivity contribution in [1.29, 1.82) is 0 Å². The number of benzene rings is 1. The topological polar surface area (TPSA) is 29.5 Å². The summed E-state index contributed by atoms with van der Waals surface area (Å²) in [6.45, 7) is 3.79. The number of rotatable bonds is 3. The van der Waals surface area contributed by atoms with Gasteiger partial charge in [0.2, 0.25) is 0 Å². The van der Waals surface area contributed by atoms with Crippen LogP contribution in [-0.4, -0.2) is 37.1 Å². The smallest absolute Gasteiger partial charge is 0.310 e. The summed E-state index contributed by atoms with van der Waals surface area (Å²) in [4.78, 5) is 14.7. The lowest BCUT2D eigenvalue weighted by Crippen LogP contribution is -2.49. The van der Waals surface area contributed by atoms with Crippen molar-refractivity contribution < 1.29 is 9.53 Å². The quantitative estimate of drug-likeness (QED) is 0.799. The Kier molecular flexibility index (Phi) is 3.85. The molecule has 1 aromatic rings. The van der Waals surface area contributed by atoms with Crippen LogP contribution in [0.5, 0.6) is 0 Å². The second-order valence-electron chi connectivity index (χ2n) is 6.23. The molecule has 2 aliphatic rings. The first-order valence-corrected chi connectivity index (χ1v) is 7.68. The van der Waals surface area contributed by atoms with Gasteiger partial charge in [-0.1, -0.05) is 36.9 Å². The van der Waals surface area contributed by atoms with Gasteiger partial charge in [0.1, 0.15) is 0 Å². The van der Waals surface area contributed by atoms with Crippen molar-refractivity contribution in [3.8, 4) is 0 Å². The van der Waals surface area contributed by atoms with Gasteiger partial charge in [-0.05, 0) is 37.4 Å². The molecule has 2 fully saturated rings. The minimum Gasteiger partial charge on any atom is -0.469 e. The van der Waals surface area contributed by atoms with E-state index in [1.54, 1.807) is 0 Å². The molecule has 0 N–H and O–H groups in total. The highest BCUT2D eigenvalue weighted by Crippen LogP contribution is 2.46. The van der Waals surface area contributed by atoms with Crippen molar-refractivity contribution in [2.24, 2.45) is 5.92 Å². The van der Waals surface area contributed by atoms with E-state index < -0.39 is 0 Å². The van der Waals surface area contributed by atoms with E-state index in [1.807, 2.05) is 6.08 Å². The predicted octanol–water partition coefficient (Wildman–Crippen LogP) is 3.07. The molecule has 2 bridgehead atoms. The minimum absolute atomic E-state index is 0.0478. The van der Waals surface area contributed by atoms with Crippen molar-refractivity contribution in [3.63, 3.8) is 0 Å². The predicted molar refractivity (Wildman–Crippen MR) is 84.0 cm³/mol. The highest BCUT2D eigenvalue weighted by atomic mass is 16.5. The number of nitrogens with zero attached hydrogens (tertiary/aromatic N) is 1. The maximum Gasteiger partial charge on any atom is 0.310 e. The van der Waals surface area contributed by atoms with Crippen molar-refractivity contribution in [2.45, 2.75) is 37.3 Å². The Labute approximate surface area is 126 Å². The number of ether oxygens (including phenoxy) is 1. The molecule has 0 radical (unpaired) electrons. The third-order valence-corrected chi connectivity index (χ3v) is 5.34. The first kappa shape index (κ1) is 14.3. The number of fused-ring (bicyclic) bond motifs is 2. The van der Waals surface area contributed by atoms with Gasteiger partial charge >= 0.3 is 5.97 Å². The van der Waals surface area contributed by atoms with Crippen LogP contribution < -0.4 is 0 Å². The van der Waals surface area contributed by atoms with Gasteiger partial charge in [-0.3, -0.25) is 9.69 Å². The summed E-state index contributed by atoms with van der Waals surface area (Å²) in [5.41, 5.74) is 2.37. The van der Waals surface area contributed by atoms with E-state index in [1.165, 1.54) is 19.1 Å². The zero-order valence-electron chi connectivity index (χ0n) is 12.8. The van der Waals surface area contributed by atoms with Gasteiger partial charge < -0.3 is 4.74 Å². The Morgan fingerprint density at radius 1 is 1.33 bits per heavy atom. The Morgan fingerprint density at radius 2 is 2.05 bits per heavy atom. The largest absolute Gasteiger partial charge is 0.469 e. The number of hydrogen-bond acceptors (Lipinski definition) is 3. The van der Waals surface area contributed by atoms with Gasteiger partial charge in [0.15, 0.2) is 0 Å². The van der Waals surface area contributed by atoms with Crippen LogP contribution in [0, 0.1) is 5.92 Å². The van der Waals surface area contributed by atoms with E-state index in [0.29, 0.717) is 12.1 Å². The summed E-state index contributed by atoms with van der Waals surface area (Å²) in [7, 11) is 3.65. The molecule has 2 heterocycles. The van der Waals surface area contributed by atoms with Crippen molar-refractivity contribution in [2.75, 3.05) is 14.2 Å². The second kappa shape index (κ2) is 5.64. The molecule has 0 amide bonds. The molecule has 3 heteroatoms. The Balaban J connectivity index is 1.94. The number of carbonyl (C=O) groups is 1. The molecule has 21 heavy (non-hydrogen) atoms. The fourth-order valence-corrected chi connectivity index (χ4v) is 4.15. The Bertz CT molecular complexity index is 537. The molecule has 1 aromatic carbocycles. The van der Waals surface area contributed by atoms with Crippen LogP contribution in [0.25, 0.3) is 6.08 Å². The van der Waals surface area contributed by atoms with Crippen LogP contribution in [0.1, 0.15) is 36.3 Å². The molecule has 2 unspecified atom stereocenters. The molecule has 3 nitrogen and oxygen atoms in total. The van der Waals surface area contributed by atoms with Crippen LogP contribution in [-0.2, 0) is 9.53 Å². The third-order valence-electron chi connectivity index (χ3n) is 5.34. The first-order chi connectivity index (χ1) is 10.2. The van der Waals surface area contributed by atoms with E-state index in [0.717, 1.165) is 18.4 Å². The van der Waals surface area contributed by atoms with Gasteiger partial charge in [-0.2, -0.15) is 0 Å². The van der Waals surface area contributed by atoms with E-state index in [-0.39, 0.29) is 17.8 Å². The van der Waals surface area contributed by atoms with Gasteiger partial charge in [0, 0.05) is 18.0 Å². The molecule has 112 valence electrons. The van der Waals surface area contributed by atoms with Gasteiger partial charge in [-0.25, -0.2) is 0 Å². The summed E-state index contributed by atoms with van der Waals surface area (Å²) in [5.74, 6) is 0.156. The number of piperidine rings is 1. The summed E-state index contributed by atoms with van der Waals surface area (Å²) in [6, 6.07) is 9.36. The molecular formula is C18H23NO2. The maximum atomic E-state index is 12.3. The van der Waals surface area contributed by atoms with Crippen molar-refractivity contribution in [3.05, 3.63) is 42.0 Å².